The van der Waals surface area contributed by atoms with Crippen molar-refractivity contribution in [1.29, 1.82) is 5.26 Å². The lowest BCUT2D eigenvalue weighted by atomic mass is 9.86. The quantitative estimate of drug-likeness (QED) is 0.847. The highest BCUT2D eigenvalue weighted by molar-refractivity contribution is 5.89. The number of nitrogens with zero attached hydrogens (tertiary/aromatic N) is 2. The number of carboxylic acid groups (broad SMARTS) is 1. The molecule has 0 aliphatic carbocycles. The van der Waals surface area contributed by atoms with Gasteiger partial charge in [0.15, 0.2) is 0 Å². The number of benzene rings is 2. The summed E-state index contributed by atoms with van der Waals surface area (Å²) in [4.78, 5) is 13.6. The molecule has 0 amide bonds. The average Bonchev–Trinajstić information content (AvgIpc) is 2.61. The minimum absolute atomic E-state index is 0.230. The van der Waals surface area contributed by atoms with Gasteiger partial charge in [-0.15, -0.1) is 0 Å². The Bertz CT molecular complexity index is 802. The van der Waals surface area contributed by atoms with Gasteiger partial charge in [-0.1, -0.05) is 18.2 Å². The molecule has 1 aliphatic rings. The van der Waals surface area contributed by atoms with Crippen LogP contribution >= 0.6 is 0 Å². The molecule has 0 bridgehead atoms. The molecule has 5 nitrogen and oxygen atoms in total. The molecule has 3 rings (SSSR count). The van der Waals surface area contributed by atoms with Crippen LogP contribution in [0, 0.1) is 11.3 Å². The summed E-state index contributed by atoms with van der Waals surface area (Å²) in [6.45, 7) is 1.58. The van der Waals surface area contributed by atoms with Crippen LogP contribution in [0.5, 0.6) is 0 Å². The maximum absolute atomic E-state index is 11.4. The minimum atomic E-state index is -0.877. The number of aromatic carboxylic acids is 1. The second-order valence-corrected chi connectivity index (χ2v) is 6.04. The number of hydrogen-bond donors (Lipinski definition) is 2. The van der Waals surface area contributed by atoms with Gasteiger partial charge >= 0.3 is 5.97 Å². The van der Waals surface area contributed by atoms with Crippen molar-refractivity contribution in [3.63, 3.8) is 0 Å². The van der Waals surface area contributed by atoms with Crippen molar-refractivity contribution in [2.45, 2.75) is 18.8 Å². The van der Waals surface area contributed by atoms with Crippen LogP contribution in [-0.4, -0.2) is 24.2 Å². The lowest BCUT2D eigenvalue weighted by Gasteiger charge is -2.34. The molecule has 1 aliphatic heterocycles. The smallest absolute Gasteiger partial charge is 0.335 e. The van der Waals surface area contributed by atoms with E-state index in [1.807, 2.05) is 24.3 Å². The van der Waals surface area contributed by atoms with Gasteiger partial charge in [0.2, 0.25) is 0 Å². The van der Waals surface area contributed by atoms with Crippen molar-refractivity contribution in [1.82, 2.24) is 0 Å². The Morgan fingerprint density at radius 3 is 2.58 bits per heavy atom. The molecule has 5 heteroatoms. The Labute approximate surface area is 140 Å². The first-order valence-corrected chi connectivity index (χ1v) is 7.97. The van der Waals surface area contributed by atoms with Crippen LogP contribution in [0.2, 0.25) is 0 Å². The molecule has 0 spiro atoms. The fourth-order valence-electron chi connectivity index (χ4n) is 3.40. The van der Waals surface area contributed by atoms with Crippen molar-refractivity contribution in [2.75, 3.05) is 23.7 Å². The Morgan fingerprint density at radius 2 is 1.92 bits per heavy atom. The number of anilines is 2. The number of nitriles is 1. The van der Waals surface area contributed by atoms with Crippen molar-refractivity contribution in [3.8, 4) is 6.07 Å². The monoisotopic (exact) mass is 321 g/mol. The summed E-state index contributed by atoms with van der Waals surface area (Å²) in [5, 5.41) is 18.7. The van der Waals surface area contributed by atoms with E-state index in [4.69, 9.17) is 5.73 Å². The number of piperidine rings is 1. The van der Waals surface area contributed by atoms with Crippen LogP contribution in [-0.2, 0) is 0 Å². The summed E-state index contributed by atoms with van der Waals surface area (Å²) < 4.78 is 0. The van der Waals surface area contributed by atoms with E-state index in [1.54, 1.807) is 18.2 Å². The fourth-order valence-corrected chi connectivity index (χ4v) is 3.40. The van der Waals surface area contributed by atoms with E-state index >= 15 is 0 Å². The summed E-state index contributed by atoms with van der Waals surface area (Å²) in [6, 6.07) is 14.8. The lowest BCUT2D eigenvalue weighted by Crippen LogP contribution is -2.33. The van der Waals surface area contributed by atoms with Crippen LogP contribution < -0.4 is 10.6 Å². The van der Waals surface area contributed by atoms with E-state index in [-0.39, 0.29) is 5.92 Å². The lowest BCUT2D eigenvalue weighted by molar-refractivity contribution is 0.0695. The van der Waals surface area contributed by atoms with Gasteiger partial charge in [0.05, 0.1) is 16.8 Å². The summed E-state index contributed by atoms with van der Waals surface area (Å²) in [6.07, 6.45) is 1.72. The first kappa shape index (κ1) is 15.9. The summed E-state index contributed by atoms with van der Waals surface area (Å²) in [5.41, 5.74) is 9.11. The molecule has 1 saturated heterocycles. The average molecular weight is 321 g/mol. The van der Waals surface area contributed by atoms with E-state index in [2.05, 4.69) is 11.0 Å². The van der Waals surface area contributed by atoms with E-state index in [0.717, 1.165) is 37.2 Å². The van der Waals surface area contributed by atoms with Gasteiger partial charge in [0, 0.05) is 18.8 Å². The normalized spacial score (nSPS) is 15.0. The van der Waals surface area contributed by atoms with E-state index in [9.17, 15) is 15.2 Å². The summed E-state index contributed by atoms with van der Waals surface area (Å²) in [7, 11) is 0. The van der Waals surface area contributed by atoms with Crippen LogP contribution in [0.1, 0.15) is 40.2 Å². The predicted octanol–water partition coefficient (Wildman–Crippen LogP) is 3.22. The molecular formula is C19H19N3O2. The highest BCUT2D eigenvalue weighted by atomic mass is 16.4. The molecule has 1 fully saturated rings. The number of rotatable bonds is 3. The van der Waals surface area contributed by atoms with E-state index < -0.39 is 5.97 Å². The van der Waals surface area contributed by atoms with Crippen molar-refractivity contribution >= 4 is 17.3 Å². The number of nitrogen functional groups attached to an aromatic ring is 1. The standard InChI is InChI=1S/C19H19N3O2/c20-12-14-11-15(21)5-6-18(14)22-9-7-13(8-10-22)16-3-1-2-4-17(16)19(23)24/h1-6,11,13H,7-10,21H2,(H,23,24). The van der Waals surface area contributed by atoms with Gasteiger partial charge in [-0.25, -0.2) is 4.79 Å². The molecule has 0 radical (unpaired) electrons. The second-order valence-electron chi connectivity index (χ2n) is 6.04. The van der Waals surface area contributed by atoms with Gasteiger partial charge in [-0.3, -0.25) is 0 Å². The van der Waals surface area contributed by atoms with E-state index in [1.165, 1.54) is 0 Å². The zero-order valence-corrected chi connectivity index (χ0v) is 13.3. The molecule has 24 heavy (non-hydrogen) atoms. The molecular weight excluding hydrogens is 302 g/mol. The molecule has 2 aromatic carbocycles. The number of carboxylic acids is 1. The van der Waals surface area contributed by atoms with Crippen LogP contribution in [0.15, 0.2) is 42.5 Å². The maximum atomic E-state index is 11.4. The van der Waals surface area contributed by atoms with Gasteiger partial charge < -0.3 is 15.7 Å². The van der Waals surface area contributed by atoms with Gasteiger partial charge in [-0.05, 0) is 48.6 Å². The number of hydrogen-bond acceptors (Lipinski definition) is 4. The third-order valence-electron chi connectivity index (χ3n) is 4.61. The van der Waals surface area contributed by atoms with Crippen LogP contribution in [0.25, 0.3) is 0 Å². The first-order valence-electron chi connectivity index (χ1n) is 7.97. The van der Waals surface area contributed by atoms with Crippen molar-refractivity contribution < 1.29 is 9.90 Å². The zero-order chi connectivity index (χ0) is 17.1. The van der Waals surface area contributed by atoms with E-state index in [0.29, 0.717) is 16.8 Å². The molecule has 1 heterocycles. The Hall–Kier alpha value is -3.00. The molecule has 0 atom stereocenters. The zero-order valence-electron chi connectivity index (χ0n) is 13.3. The summed E-state index contributed by atoms with van der Waals surface area (Å²) >= 11 is 0. The predicted molar refractivity (Wildman–Crippen MR) is 93.2 cm³/mol. The third-order valence-corrected chi connectivity index (χ3v) is 4.61. The minimum Gasteiger partial charge on any atom is -0.478 e. The second kappa shape index (κ2) is 6.63. The molecule has 0 saturated carbocycles. The number of nitrogens with two attached hydrogens (primary N) is 1. The maximum Gasteiger partial charge on any atom is 0.335 e. The highest BCUT2D eigenvalue weighted by Crippen LogP contribution is 2.33. The SMILES string of the molecule is N#Cc1cc(N)ccc1N1CCC(c2ccccc2C(=O)O)CC1. The largest absolute Gasteiger partial charge is 0.478 e. The Balaban J connectivity index is 1.78. The molecule has 0 unspecified atom stereocenters. The van der Waals surface area contributed by atoms with Crippen LogP contribution in [0.4, 0.5) is 11.4 Å². The van der Waals surface area contributed by atoms with Crippen molar-refractivity contribution in [2.24, 2.45) is 0 Å². The van der Waals surface area contributed by atoms with Gasteiger partial charge in [-0.2, -0.15) is 5.26 Å². The van der Waals surface area contributed by atoms with Gasteiger partial charge in [0.1, 0.15) is 6.07 Å². The molecule has 2 aromatic rings. The molecule has 3 N–H and O–H groups in total. The van der Waals surface area contributed by atoms with Crippen molar-refractivity contribution in [3.05, 3.63) is 59.2 Å². The third kappa shape index (κ3) is 3.04. The van der Waals surface area contributed by atoms with Crippen LogP contribution in [0.3, 0.4) is 0 Å². The fraction of sp³-hybridized carbons (Fsp3) is 0.263. The molecule has 122 valence electrons. The first-order chi connectivity index (χ1) is 11.6. The molecule has 0 aromatic heterocycles. The topological polar surface area (TPSA) is 90.4 Å². The summed E-state index contributed by atoms with van der Waals surface area (Å²) in [5.74, 6) is -0.647. The Morgan fingerprint density at radius 1 is 1.21 bits per heavy atom. The Kier molecular flexibility index (Phi) is 4.39. The number of carbonyl (C=O) groups is 1. The highest BCUT2D eigenvalue weighted by Gasteiger charge is 2.25. The van der Waals surface area contributed by atoms with Gasteiger partial charge in [0.25, 0.3) is 0 Å².